The molecule has 0 fully saturated rings. The van der Waals surface area contributed by atoms with Crippen LogP contribution in [0.25, 0.3) is 0 Å². The number of fused-ring (bicyclic) bond motifs is 1. The number of esters is 1. The molecule has 1 atom stereocenters. The molecule has 1 N–H and O–H groups in total. The fraction of sp³-hybridized carbons (Fsp3) is 0.560. The summed E-state index contributed by atoms with van der Waals surface area (Å²) >= 11 is 1.55. The molecule has 0 aliphatic carbocycles. The van der Waals surface area contributed by atoms with Gasteiger partial charge in [0.25, 0.3) is 0 Å². The van der Waals surface area contributed by atoms with Gasteiger partial charge in [0.05, 0.1) is 25.4 Å². The predicted octanol–water partition coefficient (Wildman–Crippen LogP) is 5.60. The van der Waals surface area contributed by atoms with Crippen molar-refractivity contribution in [3.05, 3.63) is 35.0 Å². The van der Waals surface area contributed by atoms with Crippen molar-refractivity contribution in [1.82, 2.24) is 14.8 Å². The van der Waals surface area contributed by atoms with E-state index in [0.29, 0.717) is 40.5 Å². The molecule has 0 bridgehead atoms. The Kier molecular flexibility index (Phi) is 9.27. The lowest BCUT2D eigenvalue weighted by molar-refractivity contribution is -0.143. The molecule has 9 heteroatoms. The Bertz CT molecular complexity index is 1020. The third-order valence-corrected chi connectivity index (χ3v) is 6.15. The van der Waals surface area contributed by atoms with Gasteiger partial charge in [-0.25, -0.2) is 9.48 Å². The second kappa shape index (κ2) is 12.1. The van der Waals surface area contributed by atoms with E-state index in [-0.39, 0.29) is 12.1 Å². The molecule has 0 amide bonds. The first-order chi connectivity index (χ1) is 16.4. The van der Waals surface area contributed by atoms with Gasteiger partial charge >= 0.3 is 5.97 Å². The number of allylic oxidation sites excluding steroid dienone is 1. The summed E-state index contributed by atoms with van der Waals surface area (Å²) in [4.78, 5) is 17.8. The second-order valence-electron chi connectivity index (χ2n) is 8.44. The van der Waals surface area contributed by atoms with E-state index in [4.69, 9.17) is 19.3 Å². The number of anilines is 1. The molecule has 1 aliphatic heterocycles. The second-order valence-corrected chi connectivity index (χ2v) is 9.67. The van der Waals surface area contributed by atoms with Gasteiger partial charge in [-0.1, -0.05) is 50.9 Å². The summed E-state index contributed by atoms with van der Waals surface area (Å²) in [5.74, 6) is 2.36. The molecule has 0 spiro atoms. The summed E-state index contributed by atoms with van der Waals surface area (Å²) in [6.07, 6.45) is 4.29. The number of unbranched alkanes of at least 4 members (excludes halogenated alkanes) is 3. The quantitative estimate of drug-likeness (QED) is 0.235. The van der Waals surface area contributed by atoms with E-state index in [0.717, 1.165) is 24.2 Å². The molecule has 0 saturated heterocycles. The summed E-state index contributed by atoms with van der Waals surface area (Å²) in [5, 5.41) is 8.57. The van der Waals surface area contributed by atoms with Crippen LogP contribution in [0.4, 0.5) is 5.95 Å². The number of nitrogens with one attached hydrogen (secondary N) is 1. The number of methoxy groups -OCH3 is 1. The van der Waals surface area contributed by atoms with Crippen molar-refractivity contribution in [2.24, 2.45) is 0 Å². The number of hydrogen-bond donors (Lipinski definition) is 1. The average Bonchev–Trinajstić information content (AvgIpc) is 3.19. The van der Waals surface area contributed by atoms with Crippen LogP contribution in [0.3, 0.4) is 0 Å². The van der Waals surface area contributed by atoms with Crippen LogP contribution in [0.15, 0.2) is 34.6 Å². The van der Waals surface area contributed by atoms with Gasteiger partial charge in [0.2, 0.25) is 11.1 Å². The highest BCUT2D eigenvalue weighted by Crippen LogP contribution is 2.40. The first-order valence-electron chi connectivity index (χ1n) is 12.0. The topological polar surface area (TPSA) is 87.5 Å². The number of carbonyl (C=O) groups excluding carboxylic acids is 1. The summed E-state index contributed by atoms with van der Waals surface area (Å²) in [7, 11) is 1.62. The number of aromatic nitrogens is 3. The molecular formula is C25H36N4O4S. The zero-order chi connectivity index (χ0) is 24.7. The van der Waals surface area contributed by atoms with Crippen LogP contribution in [0, 0.1) is 0 Å². The third kappa shape index (κ3) is 6.05. The largest absolute Gasteiger partial charge is 0.493 e. The van der Waals surface area contributed by atoms with E-state index < -0.39 is 6.04 Å². The average molecular weight is 489 g/mol. The summed E-state index contributed by atoms with van der Waals surface area (Å²) < 4.78 is 19.0. The molecule has 186 valence electrons. The van der Waals surface area contributed by atoms with Crippen LogP contribution < -0.4 is 14.8 Å². The highest BCUT2D eigenvalue weighted by atomic mass is 32.2. The molecule has 34 heavy (non-hydrogen) atoms. The van der Waals surface area contributed by atoms with E-state index in [1.165, 1.54) is 12.8 Å². The smallest absolute Gasteiger partial charge is 0.338 e. The van der Waals surface area contributed by atoms with Crippen LogP contribution in [0.2, 0.25) is 0 Å². The van der Waals surface area contributed by atoms with E-state index in [1.54, 1.807) is 23.6 Å². The molecule has 8 nitrogen and oxygen atoms in total. The predicted molar refractivity (Wildman–Crippen MR) is 135 cm³/mol. The monoisotopic (exact) mass is 488 g/mol. The highest BCUT2D eigenvalue weighted by molar-refractivity contribution is 7.99. The standard InChI is InChI=1S/C25H36N4O4S/c1-7-9-10-11-14-32-19-13-12-18(15-20(19)31-6)22-21(23(30)33-16(3)4)17(5)26-24-27-25(34-8-2)28-29(22)24/h12-13,15-16,22H,7-11,14H2,1-6H3,(H,26,27,28). The number of nitrogens with zero attached hydrogens (tertiary/aromatic N) is 3. The van der Waals surface area contributed by atoms with E-state index in [9.17, 15) is 4.79 Å². The van der Waals surface area contributed by atoms with Gasteiger partial charge in [-0.15, -0.1) is 5.10 Å². The van der Waals surface area contributed by atoms with Crippen molar-refractivity contribution in [2.75, 3.05) is 24.8 Å². The van der Waals surface area contributed by atoms with Crippen molar-refractivity contribution in [3.8, 4) is 11.5 Å². The molecule has 3 rings (SSSR count). The molecule has 0 saturated carbocycles. The normalized spacial score (nSPS) is 15.2. The van der Waals surface area contributed by atoms with Crippen LogP contribution in [-0.4, -0.2) is 46.3 Å². The molecule has 1 aliphatic rings. The number of benzene rings is 1. The van der Waals surface area contributed by atoms with Crippen molar-refractivity contribution in [3.63, 3.8) is 0 Å². The first-order valence-corrected chi connectivity index (χ1v) is 13.0. The summed E-state index contributed by atoms with van der Waals surface area (Å²) in [6.45, 7) is 10.4. The lowest BCUT2D eigenvalue weighted by Gasteiger charge is -2.29. The van der Waals surface area contributed by atoms with Gasteiger partial charge < -0.3 is 19.5 Å². The fourth-order valence-corrected chi connectivity index (χ4v) is 4.41. The maximum Gasteiger partial charge on any atom is 0.338 e. The van der Waals surface area contributed by atoms with Crippen LogP contribution >= 0.6 is 11.8 Å². The van der Waals surface area contributed by atoms with Crippen LogP contribution in [-0.2, 0) is 9.53 Å². The molecule has 1 aromatic carbocycles. The Morgan fingerprint density at radius 1 is 1.21 bits per heavy atom. The molecule has 1 aromatic heterocycles. The van der Waals surface area contributed by atoms with Crippen molar-refractivity contribution in [2.45, 2.75) is 77.6 Å². The number of rotatable bonds is 12. The van der Waals surface area contributed by atoms with Gasteiger partial charge in [-0.05, 0) is 50.6 Å². The number of carbonyl (C=O) groups is 1. The van der Waals surface area contributed by atoms with Gasteiger partial charge in [0, 0.05) is 5.70 Å². The first kappa shape index (κ1) is 25.9. The zero-order valence-corrected chi connectivity index (χ0v) is 21.8. The van der Waals surface area contributed by atoms with Gasteiger partial charge in [0.1, 0.15) is 6.04 Å². The molecular weight excluding hydrogens is 452 g/mol. The number of hydrogen-bond acceptors (Lipinski definition) is 8. The van der Waals surface area contributed by atoms with Crippen molar-refractivity contribution in [1.29, 1.82) is 0 Å². The van der Waals surface area contributed by atoms with Crippen LogP contribution in [0.5, 0.6) is 11.5 Å². The van der Waals surface area contributed by atoms with E-state index in [2.05, 4.69) is 24.1 Å². The van der Waals surface area contributed by atoms with E-state index in [1.807, 2.05) is 39.0 Å². The molecule has 2 heterocycles. The van der Waals surface area contributed by atoms with E-state index >= 15 is 0 Å². The molecule has 2 aromatic rings. The van der Waals surface area contributed by atoms with Gasteiger partial charge in [-0.3, -0.25) is 0 Å². The minimum atomic E-state index is -0.506. The lowest BCUT2D eigenvalue weighted by Crippen LogP contribution is -2.30. The Morgan fingerprint density at radius 2 is 2.00 bits per heavy atom. The maximum atomic E-state index is 13.2. The fourth-order valence-electron chi connectivity index (χ4n) is 3.86. The zero-order valence-electron chi connectivity index (χ0n) is 21.0. The Labute approximate surface area is 206 Å². The molecule has 1 unspecified atom stereocenters. The minimum Gasteiger partial charge on any atom is -0.493 e. The third-order valence-electron chi connectivity index (χ3n) is 5.43. The maximum absolute atomic E-state index is 13.2. The minimum absolute atomic E-state index is 0.241. The van der Waals surface area contributed by atoms with Gasteiger partial charge in [-0.2, -0.15) is 4.98 Å². The summed E-state index contributed by atoms with van der Waals surface area (Å²) in [6, 6.07) is 5.25. The highest BCUT2D eigenvalue weighted by Gasteiger charge is 2.36. The van der Waals surface area contributed by atoms with Crippen molar-refractivity contribution >= 4 is 23.7 Å². The van der Waals surface area contributed by atoms with Gasteiger partial charge in [0.15, 0.2) is 11.5 Å². The van der Waals surface area contributed by atoms with Crippen LogP contribution in [0.1, 0.15) is 71.9 Å². The number of ether oxygens (including phenoxy) is 3. The SMILES string of the molecule is CCCCCCOc1ccc(C2C(C(=O)OC(C)C)=C(C)Nc3nc(SCC)nn32)cc1OC. The summed E-state index contributed by atoms with van der Waals surface area (Å²) in [5.41, 5.74) is 2.03. The Hall–Kier alpha value is -2.68. The molecule has 0 radical (unpaired) electrons. The van der Waals surface area contributed by atoms with Crippen molar-refractivity contribution < 1.29 is 19.0 Å². The lowest BCUT2D eigenvalue weighted by atomic mass is 9.95. The Morgan fingerprint density at radius 3 is 2.68 bits per heavy atom. The Balaban J connectivity index is 1.98. The number of thioether (sulfide) groups is 1.